The van der Waals surface area contributed by atoms with Gasteiger partial charge in [0.15, 0.2) is 0 Å². The Balaban J connectivity index is 1.32. The van der Waals surface area contributed by atoms with Crippen molar-refractivity contribution in [3.05, 3.63) is 78.1 Å². The Morgan fingerprint density at radius 2 is 1.81 bits per heavy atom. The van der Waals surface area contributed by atoms with Gasteiger partial charge in [-0.2, -0.15) is 22.0 Å². The first-order chi connectivity index (χ1) is 19.9. The molecule has 220 valence electrons. The number of amides is 1. The Bertz CT molecular complexity index is 1740. The average Bonchev–Trinajstić information content (AvgIpc) is 2.99. The minimum Gasteiger partial charge on any atom is -0.353 e. The van der Waals surface area contributed by atoms with Crippen LogP contribution in [-0.2, 0) is 16.4 Å². The molecule has 15 heteroatoms. The van der Waals surface area contributed by atoms with Gasteiger partial charge in [0.1, 0.15) is 11.9 Å². The van der Waals surface area contributed by atoms with E-state index in [4.69, 9.17) is 0 Å². The van der Waals surface area contributed by atoms with Crippen LogP contribution in [0.5, 0.6) is 0 Å². The third kappa shape index (κ3) is 6.31. The van der Waals surface area contributed by atoms with Gasteiger partial charge in [-0.3, -0.25) is 9.78 Å². The van der Waals surface area contributed by atoms with Crippen molar-refractivity contribution in [3.8, 4) is 11.4 Å². The molecule has 1 atom stereocenters. The van der Waals surface area contributed by atoms with Crippen LogP contribution in [0.4, 0.5) is 27.8 Å². The second-order valence-corrected chi connectivity index (χ2v) is 11.4. The maximum atomic E-state index is 13.2. The fourth-order valence-electron chi connectivity index (χ4n) is 4.41. The second-order valence-electron chi connectivity index (χ2n) is 9.46. The predicted molar refractivity (Wildman–Crippen MR) is 144 cm³/mol. The summed E-state index contributed by atoms with van der Waals surface area (Å²) in [6, 6.07) is 12.9. The summed E-state index contributed by atoms with van der Waals surface area (Å²) in [5, 5.41) is 5.74. The lowest BCUT2D eigenvalue weighted by atomic mass is 10.1. The largest absolute Gasteiger partial charge is 0.405 e. The third-order valence-corrected chi connectivity index (χ3v) is 7.99. The smallest absolute Gasteiger partial charge is 0.353 e. The fraction of sp³-hybridized carbons (Fsp3) is 0.259. The number of carbonyl (C=O) groups is 1. The standard InChI is InChI=1S/C27H23F5N6O3S/c28-26(29)42(40,41)19-4-1-3-16(11-19)25(39)35-14-18-12-22-17(13-34-18)7-8-21(36-22)20-5-2-6-24(37-20)38-10-9-33-23(15-38)27(30,31)32/h1-8,11-13,23,26,33H,9-10,14-15H2,(H,35,39)/t23-/m1/s1. The molecular weight excluding hydrogens is 583 g/mol. The SMILES string of the molecule is O=C(NCc1cc2nc(-c3cccc(N4CCN[C@@H](C(F)(F)F)C4)n3)ccc2cn1)c1cccc(S(=O)(=O)C(F)F)c1. The molecule has 0 aliphatic carbocycles. The van der Waals surface area contributed by atoms with Crippen molar-refractivity contribution in [2.75, 3.05) is 24.5 Å². The Labute approximate surface area is 236 Å². The highest BCUT2D eigenvalue weighted by molar-refractivity contribution is 7.91. The van der Waals surface area contributed by atoms with Crippen LogP contribution >= 0.6 is 0 Å². The first-order valence-corrected chi connectivity index (χ1v) is 14.1. The summed E-state index contributed by atoms with van der Waals surface area (Å²) in [4.78, 5) is 27.0. The maximum Gasteiger partial charge on any atom is 0.405 e. The van der Waals surface area contributed by atoms with Crippen LogP contribution in [0.15, 0.2) is 71.8 Å². The monoisotopic (exact) mass is 606 g/mol. The second kappa shape index (κ2) is 11.6. The number of nitrogens with zero attached hydrogens (tertiary/aromatic N) is 4. The third-order valence-electron chi connectivity index (χ3n) is 6.61. The maximum absolute atomic E-state index is 13.2. The topological polar surface area (TPSA) is 117 Å². The zero-order valence-electron chi connectivity index (χ0n) is 21.6. The number of nitrogens with one attached hydrogen (secondary N) is 2. The summed E-state index contributed by atoms with van der Waals surface area (Å²) < 4.78 is 88.9. The van der Waals surface area contributed by atoms with Gasteiger partial charge in [-0.1, -0.05) is 12.1 Å². The summed E-state index contributed by atoms with van der Waals surface area (Å²) in [6.07, 6.45) is -2.83. The molecule has 1 aliphatic heterocycles. The van der Waals surface area contributed by atoms with Gasteiger partial charge in [0.2, 0.25) is 9.84 Å². The molecule has 1 aliphatic rings. The lowest BCUT2D eigenvalue weighted by Gasteiger charge is -2.35. The number of fused-ring (bicyclic) bond motifs is 1. The Hall–Kier alpha value is -4.24. The molecule has 1 aromatic carbocycles. The number of sulfone groups is 1. The van der Waals surface area contributed by atoms with E-state index in [9.17, 15) is 35.2 Å². The predicted octanol–water partition coefficient (Wildman–Crippen LogP) is 3.96. The van der Waals surface area contributed by atoms with E-state index in [1.165, 1.54) is 12.1 Å². The van der Waals surface area contributed by atoms with Crippen LogP contribution in [0.2, 0.25) is 0 Å². The molecule has 1 fully saturated rings. The van der Waals surface area contributed by atoms with Crippen molar-refractivity contribution in [2.24, 2.45) is 0 Å². The van der Waals surface area contributed by atoms with Gasteiger partial charge < -0.3 is 15.5 Å². The van der Waals surface area contributed by atoms with Crippen LogP contribution in [0.3, 0.4) is 0 Å². The van der Waals surface area contributed by atoms with Gasteiger partial charge in [-0.05, 0) is 48.5 Å². The summed E-state index contributed by atoms with van der Waals surface area (Å²) in [6.45, 7) is 0.194. The van der Waals surface area contributed by atoms with Gasteiger partial charge in [-0.25, -0.2) is 18.4 Å². The summed E-state index contributed by atoms with van der Waals surface area (Å²) in [5.41, 5.74) is 1.75. The highest BCUT2D eigenvalue weighted by Crippen LogP contribution is 2.27. The number of anilines is 1. The molecule has 1 saturated heterocycles. The van der Waals surface area contributed by atoms with Crippen LogP contribution in [0.1, 0.15) is 16.1 Å². The van der Waals surface area contributed by atoms with Crippen molar-refractivity contribution < 1.29 is 35.2 Å². The molecule has 5 rings (SSSR count). The van der Waals surface area contributed by atoms with Crippen LogP contribution in [-0.4, -0.2) is 66.9 Å². The number of halogens is 5. The Morgan fingerprint density at radius 1 is 1.05 bits per heavy atom. The van der Waals surface area contributed by atoms with Crippen LogP contribution in [0.25, 0.3) is 22.3 Å². The normalized spacial score (nSPS) is 16.1. The minimum absolute atomic E-state index is 0.0659. The zero-order valence-corrected chi connectivity index (χ0v) is 22.5. The van der Waals surface area contributed by atoms with Crippen molar-refractivity contribution in [1.82, 2.24) is 25.6 Å². The molecule has 4 heterocycles. The summed E-state index contributed by atoms with van der Waals surface area (Å²) >= 11 is 0. The van der Waals surface area contributed by atoms with Crippen LogP contribution in [0, 0.1) is 0 Å². The molecule has 0 spiro atoms. The molecule has 0 radical (unpaired) electrons. The first kappa shape index (κ1) is 29.3. The number of piperazine rings is 1. The van der Waals surface area contributed by atoms with Crippen molar-refractivity contribution in [3.63, 3.8) is 0 Å². The van der Waals surface area contributed by atoms with E-state index in [0.29, 0.717) is 40.3 Å². The van der Waals surface area contributed by atoms with E-state index >= 15 is 0 Å². The lowest BCUT2D eigenvalue weighted by Crippen LogP contribution is -2.57. The van der Waals surface area contributed by atoms with E-state index in [2.05, 4.69) is 25.6 Å². The number of benzene rings is 1. The van der Waals surface area contributed by atoms with Gasteiger partial charge in [0, 0.05) is 36.8 Å². The van der Waals surface area contributed by atoms with Gasteiger partial charge in [0.05, 0.1) is 34.0 Å². The molecule has 1 amide bonds. The molecule has 4 aromatic rings. The van der Waals surface area contributed by atoms with E-state index in [0.717, 1.165) is 12.1 Å². The van der Waals surface area contributed by atoms with E-state index in [1.54, 1.807) is 47.5 Å². The molecule has 9 nitrogen and oxygen atoms in total. The molecule has 3 aromatic heterocycles. The lowest BCUT2D eigenvalue weighted by molar-refractivity contribution is -0.155. The highest BCUT2D eigenvalue weighted by atomic mass is 32.2. The van der Waals surface area contributed by atoms with Gasteiger partial charge in [0.25, 0.3) is 5.91 Å². The molecular formula is C27H23F5N6O3S. The molecule has 0 saturated carbocycles. The number of carbonyl (C=O) groups excluding carboxylic acids is 1. The average molecular weight is 607 g/mol. The zero-order chi connectivity index (χ0) is 30.1. The number of hydrogen-bond donors (Lipinski definition) is 2. The quantitative estimate of drug-likeness (QED) is 0.304. The van der Waals surface area contributed by atoms with Gasteiger partial charge >= 0.3 is 11.9 Å². The molecule has 2 N–H and O–H groups in total. The first-order valence-electron chi connectivity index (χ1n) is 12.6. The summed E-state index contributed by atoms with van der Waals surface area (Å²) in [5.74, 6) is -3.91. The number of rotatable bonds is 7. The molecule has 0 unspecified atom stereocenters. The minimum atomic E-state index is -4.86. The van der Waals surface area contributed by atoms with Crippen molar-refractivity contribution in [1.29, 1.82) is 0 Å². The number of alkyl halides is 5. The molecule has 0 bridgehead atoms. The number of pyridine rings is 3. The van der Waals surface area contributed by atoms with Crippen molar-refractivity contribution >= 4 is 32.5 Å². The van der Waals surface area contributed by atoms with Crippen molar-refractivity contribution in [2.45, 2.75) is 29.4 Å². The van der Waals surface area contributed by atoms with E-state index in [-0.39, 0.29) is 25.2 Å². The van der Waals surface area contributed by atoms with E-state index < -0.39 is 38.6 Å². The molecule has 42 heavy (non-hydrogen) atoms. The van der Waals surface area contributed by atoms with Crippen LogP contribution < -0.4 is 15.5 Å². The highest BCUT2D eigenvalue weighted by Gasteiger charge is 2.42. The Kier molecular flexibility index (Phi) is 8.06. The fourth-order valence-corrected chi connectivity index (χ4v) is 5.17. The number of aromatic nitrogens is 3. The number of hydrogen-bond acceptors (Lipinski definition) is 8. The summed E-state index contributed by atoms with van der Waals surface area (Å²) in [7, 11) is -4.86. The van der Waals surface area contributed by atoms with E-state index in [1.807, 2.05) is 0 Å². The Morgan fingerprint density at radius 3 is 2.57 bits per heavy atom. The van der Waals surface area contributed by atoms with Gasteiger partial charge in [-0.15, -0.1) is 0 Å².